The van der Waals surface area contributed by atoms with E-state index in [4.69, 9.17) is 0 Å². The van der Waals surface area contributed by atoms with E-state index in [2.05, 4.69) is 31.7 Å². The van der Waals surface area contributed by atoms with Crippen molar-refractivity contribution in [2.75, 3.05) is 0 Å². The topological polar surface area (TPSA) is 0 Å². The van der Waals surface area contributed by atoms with E-state index in [1.807, 2.05) is 6.08 Å². The van der Waals surface area contributed by atoms with Crippen LogP contribution in [0.4, 0.5) is 0 Å². The summed E-state index contributed by atoms with van der Waals surface area (Å²) in [7, 11) is 0. The molecule has 0 aliphatic heterocycles. The van der Waals surface area contributed by atoms with Crippen molar-refractivity contribution in [3.63, 3.8) is 0 Å². The standard InChI is InChI=1S/C12H14/c1-3-10-6-9(2)7-12(8-10)11-4-5-11/h3,6-8,11H,1,4-5H2,2H3. The van der Waals surface area contributed by atoms with Crippen molar-refractivity contribution >= 4 is 6.08 Å². The van der Waals surface area contributed by atoms with Crippen LogP contribution in [0.2, 0.25) is 0 Å². The molecule has 62 valence electrons. The molecule has 1 aliphatic rings. The number of benzene rings is 1. The lowest BCUT2D eigenvalue weighted by Gasteiger charge is -2.02. The van der Waals surface area contributed by atoms with Crippen LogP contribution in [-0.4, -0.2) is 0 Å². The van der Waals surface area contributed by atoms with Gasteiger partial charge in [-0.2, -0.15) is 0 Å². The normalized spacial score (nSPS) is 16.1. The maximum Gasteiger partial charge on any atom is -0.0161 e. The lowest BCUT2D eigenvalue weighted by molar-refractivity contribution is 1.12. The molecule has 0 nitrogen and oxygen atoms in total. The fourth-order valence-corrected chi connectivity index (χ4v) is 1.61. The molecular weight excluding hydrogens is 144 g/mol. The molecule has 0 heteroatoms. The molecule has 1 fully saturated rings. The van der Waals surface area contributed by atoms with Gasteiger partial charge in [0.1, 0.15) is 0 Å². The minimum absolute atomic E-state index is 0.851. The highest BCUT2D eigenvalue weighted by atomic mass is 14.3. The molecule has 2 rings (SSSR count). The van der Waals surface area contributed by atoms with Crippen molar-refractivity contribution in [3.8, 4) is 0 Å². The van der Waals surface area contributed by atoms with Gasteiger partial charge in [0.05, 0.1) is 0 Å². The van der Waals surface area contributed by atoms with Crippen molar-refractivity contribution < 1.29 is 0 Å². The third kappa shape index (κ3) is 1.42. The van der Waals surface area contributed by atoms with Gasteiger partial charge in [0.15, 0.2) is 0 Å². The first-order valence-corrected chi connectivity index (χ1v) is 4.53. The van der Waals surface area contributed by atoms with Gasteiger partial charge in [0.25, 0.3) is 0 Å². The fourth-order valence-electron chi connectivity index (χ4n) is 1.61. The van der Waals surface area contributed by atoms with Gasteiger partial charge in [-0.05, 0) is 36.8 Å². The molecule has 1 aromatic carbocycles. The first kappa shape index (κ1) is 7.60. The summed E-state index contributed by atoms with van der Waals surface area (Å²) in [5.74, 6) is 0.851. The van der Waals surface area contributed by atoms with Gasteiger partial charge in [-0.1, -0.05) is 36.4 Å². The predicted molar refractivity (Wildman–Crippen MR) is 53.2 cm³/mol. The molecule has 0 radical (unpaired) electrons. The van der Waals surface area contributed by atoms with Crippen molar-refractivity contribution in [2.24, 2.45) is 0 Å². The van der Waals surface area contributed by atoms with E-state index in [0.717, 1.165) is 5.92 Å². The molecule has 0 atom stereocenters. The van der Waals surface area contributed by atoms with Crippen LogP contribution < -0.4 is 0 Å². The Labute approximate surface area is 73.9 Å². The zero-order chi connectivity index (χ0) is 8.55. The van der Waals surface area contributed by atoms with Gasteiger partial charge >= 0.3 is 0 Å². The van der Waals surface area contributed by atoms with E-state index >= 15 is 0 Å². The summed E-state index contributed by atoms with van der Waals surface area (Å²) in [5, 5.41) is 0. The Hall–Kier alpha value is -1.04. The van der Waals surface area contributed by atoms with Gasteiger partial charge in [-0.25, -0.2) is 0 Å². The van der Waals surface area contributed by atoms with Gasteiger partial charge in [-0.15, -0.1) is 0 Å². The number of aryl methyl sites for hydroxylation is 1. The van der Waals surface area contributed by atoms with Gasteiger partial charge < -0.3 is 0 Å². The second-order valence-electron chi connectivity index (χ2n) is 3.66. The molecule has 0 unspecified atom stereocenters. The lowest BCUT2D eigenvalue weighted by Crippen LogP contribution is -1.83. The molecule has 0 aromatic heterocycles. The van der Waals surface area contributed by atoms with Gasteiger partial charge in [0.2, 0.25) is 0 Å². The molecule has 0 spiro atoms. The number of rotatable bonds is 2. The van der Waals surface area contributed by atoms with Crippen LogP contribution in [0.3, 0.4) is 0 Å². The SMILES string of the molecule is C=Cc1cc(C)cc(C2CC2)c1. The molecule has 0 bridgehead atoms. The van der Waals surface area contributed by atoms with Crippen LogP contribution in [0, 0.1) is 6.92 Å². The Morgan fingerprint density at radius 1 is 1.33 bits per heavy atom. The smallest absolute Gasteiger partial charge is 0.0161 e. The second-order valence-corrected chi connectivity index (χ2v) is 3.66. The van der Waals surface area contributed by atoms with Gasteiger partial charge in [0, 0.05) is 0 Å². The Bertz CT molecular complexity index is 306. The van der Waals surface area contributed by atoms with Crippen molar-refractivity contribution in [1.82, 2.24) is 0 Å². The van der Waals surface area contributed by atoms with Crippen LogP contribution >= 0.6 is 0 Å². The molecule has 1 aromatic rings. The van der Waals surface area contributed by atoms with Crippen LogP contribution in [0.5, 0.6) is 0 Å². The Balaban J connectivity index is 2.40. The molecule has 0 amide bonds. The average molecular weight is 158 g/mol. The van der Waals surface area contributed by atoms with Crippen molar-refractivity contribution in [2.45, 2.75) is 25.7 Å². The fraction of sp³-hybridized carbons (Fsp3) is 0.333. The minimum Gasteiger partial charge on any atom is -0.0985 e. The first-order valence-electron chi connectivity index (χ1n) is 4.53. The summed E-state index contributed by atoms with van der Waals surface area (Å²) < 4.78 is 0. The molecule has 12 heavy (non-hydrogen) atoms. The molecule has 1 aliphatic carbocycles. The maximum atomic E-state index is 3.79. The Kier molecular flexibility index (Phi) is 1.76. The van der Waals surface area contributed by atoms with Crippen LogP contribution in [0.25, 0.3) is 6.08 Å². The quantitative estimate of drug-likeness (QED) is 0.617. The highest BCUT2D eigenvalue weighted by molar-refractivity contribution is 5.50. The predicted octanol–water partition coefficient (Wildman–Crippen LogP) is 3.52. The average Bonchev–Trinajstić information content (AvgIpc) is 2.85. The summed E-state index contributed by atoms with van der Waals surface area (Å²) >= 11 is 0. The minimum atomic E-state index is 0.851. The summed E-state index contributed by atoms with van der Waals surface area (Å²) in [5.41, 5.74) is 4.12. The summed E-state index contributed by atoms with van der Waals surface area (Å²) in [4.78, 5) is 0. The van der Waals surface area contributed by atoms with Crippen molar-refractivity contribution in [3.05, 3.63) is 41.5 Å². The molecule has 0 saturated heterocycles. The molecule has 1 saturated carbocycles. The number of hydrogen-bond donors (Lipinski definition) is 0. The monoisotopic (exact) mass is 158 g/mol. The highest BCUT2D eigenvalue weighted by Crippen LogP contribution is 2.40. The van der Waals surface area contributed by atoms with Crippen LogP contribution in [-0.2, 0) is 0 Å². The third-order valence-corrected chi connectivity index (χ3v) is 2.41. The molecule has 0 heterocycles. The van der Waals surface area contributed by atoms with Crippen LogP contribution in [0.1, 0.15) is 35.4 Å². The van der Waals surface area contributed by atoms with E-state index < -0.39 is 0 Å². The largest absolute Gasteiger partial charge is 0.0985 e. The van der Waals surface area contributed by atoms with E-state index in [-0.39, 0.29) is 0 Å². The van der Waals surface area contributed by atoms with E-state index in [1.165, 1.54) is 29.5 Å². The molecule has 0 N–H and O–H groups in total. The summed E-state index contributed by atoms with van der Waals surface area (Å²) in [6, 6.07) is 6.74. The van der Waals surface area contributed by atoms with Crippen LogP contribution in [0.15, 0.2) is 24.8 Å². The zero-order valence-electron chi connectivity index (χ0n) is 7.51. The maximum absolute atomic E-state index is 3.79. The van der Waals surface area contributed by atoms with E-state index in [1.54, 1.807) is 0 Å². The zero-order valence-corrected chi connectivity index (χ0v) is 7.51. The Morgan fingerprint density at radius 2 is 2.08 bits per heavy atom. The highest BCUT2D eigenvalue weighted by Gasteiger charge is 2.23. The third-order valence-electron chi connectivity index (χ3n) is 2.41. The summed E-state index contributed by atoms with van der Waals surface area (Å²) in [6.07, 6.45) is 4.68. The lowest BCUT2D eigenvalue weighted by atomic mass is 10.0. The number of hydrogen-bond acceptors (Lipinski definition) is 0. The summed E-state index contributed by atoms with van der Waals surface area (Å²) in [6.45, 7) is 5.94. The van der Waals surface area contributed by atoms with Gasteiger partial charge in [-0.3, -0.25) is 0 Å². The Morgan fingerprint density at radius 3 is 2.67 bits per heavy atom. The second kappa shape index (κ2) is 2.78. The molecular formula is C12H14. The van der Waals surface area contributed by atoms with Crippen molar-refractivity contribution in [1.29, 1.82) is 0 Å². The first-order chi connectivity index (χ1) is 5.79. The van der Waals surface area contributed by atoms with E-state index in [0.29, 0.717) is 0 Å². The van der Waals surface area contributed by atoms with E-state index in [9.17, 15) is 0 Å².